The number of aromatic hydroxyl groups is 1. The van der Waals surface area contributed by atoms with E-state index in [-0.39, 0.29) is 23.8 Å². The van der Waals surface area contributed by atoms with Gasteiger partial charge in [-0.25, -0.2) is 4.39 Å². The fraction of sp³-hybridized carbons (Fsp3) is 0.429. The number of amides is 1. The van der Waals surface area contributed by atoms with Crippen molar-refractivity contribution in [2.24, 2.45) is 0 Å². The number of nitrogens with one attached hydrogen (secondary N) is 1. The maximum Gasteiger partial charge on any atom is 0.246 e. The number of nitrogens with zero attached hydrogens (tertiary/aromatic N) is 3. The molecular weight excluding hydrogens is 475 g/mol. The number of fused-ring (bicyclic) bond motifs is 1. The lowest BCUT2D eigenvalue weighted by Gasteiger charge is -2.42. The van der Waals surface area contributed by atoms with Gasteiger partial charge in [0.1, 0.15) is 11.9 Å². The maximum absolute atomic E-state index is 14.2. The average molecular weight is 511 g/mol. The highest BCUT2D eigenvalue weighted by Gasteiger charge is 2.37. The Morgan fingerprint density at radius 2 is 2.05 bits per heavy atom. The molecule has 8 nitrogen and oxygen atoms in total. The van der Waals surface area contributed by atoms with Crippen LogP contribution in [0.2, 0.25) is 0 Å². The number of phenols is 1. The third-order valence-electron chi connectivity index (χ3n) is 6.74. The third-order valence-corrected chi connectivity index (χ3v) is 6.74. The minimum Gasteiger partial charge on any atom is -0.505 e. The van der Waals surface area contributed by atoms with E-state index < -0.39 is 5.82 Å². The monoisotopic (exact) mass is 510 g/mol. The van der Waals surface area contributed by atoms with Crippen LogP contribution in [-0.4, -0.2) is 84.1 Å². The number of hydrogen-bond donors (Lipinski definition) is 2. The number of benzene rings is 2. The van der Waals surface area contributed by atoms with E-state index in [1.54, 1.807) is 19.4 Å². The van der Waals surface area contributed by atoms with Crippen molar-refractivity contribution in [3.63, 3.8) is 0 Å². The summed E-state index contributed by atoms with van der Waals surface area (Å²) in [5.74, 6) is -0.394. The number of aryl methyl sites for hydroxylation is 1. The number of carbonyl (C=O) groups is 1. The molecule has 198 valence electrons. The molecule has 0 saturated heterocycles. The number of hydrogen-bond acceptors (Lipinski definition) is 6. The molecule has 0 unspecified atom stereocenters. The summed E-state index contributed by atoms with van der Waals surface area (Å²) in [6, 6.07) is 6.70. The van der Waals surface area contributed by atoms with Crippen LogP contribution in [0.15, 0.2) is 42.6 Å². The second kappa shape index (κ2) is 11.7. The number of carbonyl (C=O) groups excluding carboxylic acids is 1. The van der Waals surface area contributed by atoms with Gasteiger partial charge in [0.15, 0.2) is 11.6 Å². The summed E-state index contributed by atoms with van der Waals surface area (Å²) in [6.45, 7) is 3.65. The fourth-order valence-corrected chi connectivity index (χ4v) is 4.63. The Bertz CT molecular complexity index is 1270. The third kappa shape index (κ3) is 6.11. The van der Waals surface area contributed by atoms with Crippen LogP contribution in [0.1, 0.15) is 25.3 Å². The molecule has 1 aliphatic rings. The number of methoxy groups -OCH3 is 1. The van der Waals surface area contributed by atoms with Crippen molar-refractivity contribution in [3.05, 3.63) is 54.0 Å². The van der Waals surface area contributed by atoms with Crippen molar-refractivity contribution in [2.75, 3.05) is 40.9 Å². The summed E-state index contributed by atoms with van der Waals surface area (Å²) in [5.41, 5.74) is 3.09. The summed E-state index contributed by atoms with van der Waals surface area (Å²) < 4.78 is 25.9. The molecule has 0 bridgehead atoms. The quantitative estimate of drug-likeness (QED) is 0.377. The van der Waals surface area contributed by atoms with Crippen molar-refractivity contribution in [3.8, 4) is 22.6 Å². The molecule has 2 aromatic carbocycles. The van der Waals surface area contributed by atoms with Crippen LogP contribution >= 0.6 is 0 Å². The smallest absolute Gasteiger partial charge is 0.246 e. The Kier molecular flexibility index (Phi) is 8.45. The van der Waals surface area contributed by atoms with Gasteiger partial charge in [0.05, 0.1) is 23.7 Å². The number of halogens is 1. The highest BCUT2D eigenvalue weighted by atomic mass is 19.1. The molecule has 3 aromatic rings. The zero-order valence-corrected chi connectivity index (χ0v) is 21.8. The van der Waals surface area contributed by atoms with Crippen LogP contribution in [0.3, 0.4) is 0 Å². The SMILES string of the molecule is CCc1cc(O)c(F)cc1-c1cc(O[C@H]2C[C@H](N(CCOC)C(=O)/C=C/CN(C)C)C2)c2cn[nH]c2c1. The molecule has 1 fully saturated rings. The van der Waals surface area contributed by atoms with Gasteiger partial charge < -0.3 is 24.4 Å². The minimum atomic E-state index is -0.665. The predicted octanol–water partition coefficient (Wildman–Crippen LogP) is 4.14. The molecule has 37 heavy (non-hydrogen) atoms. The van der Waals surface area contributed by atoms with E-state index in [2.05, 4.69) is 10.2 Å². The molecule has 0 atom stereocenters. The highest BCUT2D eigenvalue weighted by Crippen LogP contribution is 2.38. The number of ether oxygens (including phenoxy) is 2. The summed E-state index contributed by atoms with van der Waals surface area (Å²) in [5, 5.41) is 17.8. The molecule has 1 aromatic heterocycles. The number of likely N-dealkylation sites (N-methyl/N-ethyl adjacent to an activating group) is 1. The maximum atomic E-state index is 14.2. The second-order valence-corrected chi connectivity index (χ2v) is 9.67. The summed E-state index contributed by atoms with van der Waals surface area (Å²) in [4.78, 5) is 16.7. The summed E-state index contributed by atoms with van der Waals surface area (Å²) >= 11 is 0. The van der Waals surface area contributed by atoms with Gasteiger partial charge in [-0.1, -0.05) is 13.0 Å². The molecule has 0 aliphatic heterocycles. The Labute approximate surface area is 216 Å². The molecule has 2 N–H and O–H groups in total. The van der Waals surface area contributed by atoms with Gasteiger partial charge in [-0.05, 0) is 61.5 Å². The molecule has 0 radical (unpaired) electrons. The lowest BCUT2D eigenvalue weighted by molar-refractivity contribution is -0.133. The molecule has 9 heteroatoms. The van der Waals surface area contributed by atoms with E-state index in [0.717, 1.165) is 22.0 Å². The van der Waals surface area contributed by atoms with Crippen molar-refractivity contribution >= 4 is 16.8 Å². The van der Waals surface area contributed by atoms with Gasteiger partial charge in [0, 0.05) is 45.2 Å². The average Bonchev–Trinajstić information content (AvgIpc) is 3.32. The van der Waals surface area contributed by atoms with E-state index in [0.29, 0.717) is 50.3 Å². The predicted molar refractivity (Wildman–Crippen MR) is 141 cm³/mol. The van der Waals surface area contributed by atoms with Gasteiger partial charge in [-0.15, -0.1) is 0 Å². The molecule has 1 heterocycles. The normalized spacial score (nSPS) is 17.5. The lowest BCUT2D eigenvalue weighted by Crippen LogP contribution is -2.52. The van der Waals surface area contributed by atoms with Crippen LogP contribution in [0.25, 0.3) is 22.0 Å². The highest BCUT2D eigenvalue weighted by molar-refractivity contribution is 5.90. The van der Waals surface area contributed by atoms with Crippen LogP contribution in [0, 0.1) is 5.82 Å². The van der Waals surface area contributed by atoms with Crippen LogP contribution in [0.5, 0.6) is 11.5 Å². The van der Waals surface area contributed by atoms with Crippen molar-refractivity contribution in [1.29, 1.82) is 0 Å². The Balaban J connectivity index is 1.52. The fourth-order valence-electron chi connectivity index (χ4n) is 4.63. The zero-order chi connectivity index (χ0) is 26.5. The van der Waals surface area contributed by atoms with E-state index in [4.69, 9.17) is 9.47 Å². The molecule has 1 aliphatic carbocycles. The van der Waals surface area contributed by atoms with E-state index in [1.807, 2.05) is 49.0 Å². The standard InChI is InChI=1S/C28H35FN4O4/c1-5-18-12-26(34)24(29)16-22(18)19-11-25-23(17-30-31-25)27(13-19)37-21-14-20(15-21)33(9-10-36-4)28(35)7-6-8-32(2)3/h6-7,11-13,16-17,20-21,34H,5,8-10,14-15H2,1-4H3,(H,30,31)/b7-6+/t20-,21-. The first-order chi connectivity index (χ1) is 17.8. The topological polar surface area (TPSA) is 90.9 Å². The van der Waals surface area contributed by atoms with Crippen LogP contribution in [0.4, 0.5) is 4.39 Å². The molecular formula is C28H35FN4O4. The van der Waals surface area contributed by atoms with E-state index in [1.165, 1.54) is 12.1 Å². The first kappa shape index (κ1) is 26.6. The van der Waals surface area contributed by atoms with E-state index in [9.17, 15) is 14.3 Å². The molecule has 0 spiro atoms. The van der Waals surface area contributed by atoms with Gasteiger partial charge in [-0.3, -0.25) is 9.89 Å². The second-order valence-electron chi connectivity index (χ2n) is 9.67. The summed E-state index contributed by atoms with van der Waals surface area (Å²) in [7, 11) is 5.54. The molecule has 4 rings (SSSR count). The first-order valence-electron chi connectivity index (χ1n) is 12.6. The largest absolute Gasteiger partial charge is 0.505 e. The number of aromatic nitrogens is 2. The zero-order valence-electron chi connectivity index (χ0n) is 21.8. The Morgan fingerprint density at radius 3 is 2.76 bits per heavy atom. The van der Waals surface area contributed by atoms with Gasteiger partial charge >= 0.3 is 0 Å². The first-order valence-corrected chi connectivity index (χ1v) is 12.6. The Morgan fingerprint density at radius 1 is 1.27 bits per heavy atom. The van der Waals surface area contributed by atoms with Crippen LogP contribution in [-0.2, 0) is 16.0 Å². The van der Waals surface area contributed by atoms with E-state index >= 15 is 0 Å². The van der Waals surface area contributed by atoms with Gasteiger partial charge in [0.25, 0.3) is 0 Å². The number of rotatable bonds is 11. The number of phenolic OH excluding ortho intramolecular Hbond substituents is 1. The lowest BCUT2D eigenvalue weighted by atomic mass is 9.87. The van der Waals surface area contributed by atoms with Crippen LogP contribution < -0.4 is 4.74 Å². The van der Waals surface area contributed by atoms with Crippen molar-refractivity contribution < 1.29 is 23.8 Å². The minimum absolute atomic E-state index is 0.0250. The van der Waals surface area contributed by atoms with Gasteiger partial charge in [0.2, 0.25) is 5.91 Å². The summed E-state index contributed by atoms with van der Waals surface area (Å²) in [6.07, 6.45) is 7.19. The Hall–Kier alpha value is -3.43. The van der Waals surface area contributed by atoms with Gasteiger partial charge in [-0.2, -0.15) is 5.10 Å². The molecule has 1 amide bonds. The van der Waals surface area contributed by atoms with Crippen molar-refractivity contribution in [1.82, 2.24) is 20.0 Å². The van der Waals surface area contributed by atoms with Crippen molar-refractivity contribution in [2.45, 2.75) is 38.3 Å². The molecule has 1 saturated carbocycles. The number of aromatic amines is 1. The number of H-pyrrole nitrogens is 1.